The number of Topliss-reactive ketones (excluding diaryl/α,β-unsaturated/α-hetero) is 1. The lowest BCUT2D eigenvalue weighted by atomic mass is 10.1. The summed E-state index contributed by atoms with van der Waals surface area (Å²) in [4.78, 5) is 13.8. The lowest BCUT2D eigenvalue weighted by molar-refractivity contribution is 0.0256. The predicted octanol–water partition coefficient (Wildman–Crippen LogP) is 2.23. The molecule has 2 N–H and O–H groups in total. The number of anilines is 2. The number of morpholine rings is 1. The summed E-state index contributed by atoms with van der Waals surface area (Å²) in [6.07, 6.45) is 3.93. The maximum absolute atomic E-state index is 11.4. The van der Waals surface area contributed by atoms with E-state index in [2.05, 4.69) is 4.90 Å². The third-order valence-corrected chi connectivity index (χ3v) is 4.23. The van der Waals surface area contributed by atoms with Crippen LogP contribution in [0.15, 0.2) is 18.2 Å². The van der Waals surface area contributed by atoms with Crippen LogP contribution in [0.5, 0.6) is 0 Å². The zero-order chi connectivity index (χ0) is 13.4. The van der Waals surface area contributed by atoms with Crippen molar-refractivity contribution >= 4 is 17.2 Å². The van der Waals surface area contributed by atoms with Crippen LogP contribution < -0.4 is 10.6 Å². The molecule has 0 radical (unpaired) electrons. The lowest BCUT2D eigenvalue weighted by Crippen LogP contribution is -2.48. The highest BCUT2D eigenvalue weighted by Crippen LogP contribution is 2.34. The monoisotopic (exact) mass is 260 g/mol. The van der Waals surface area contributed by atoms with Gasteiger partial charge in [0.25, 0.3) is 0 Å². The Labute approximate surface area is 113 Å². The zero-order valence-electron chi connectivity index (χ0n) is 11.3. The van der Waals surface area contributed by atoms with E-state index in [1.807, 2.05) is 18.2 Å². The largest absolute Gasteiger partial charge is 0.398 e. The van der Waals surface area contributed by atoms with Crippen molar-refractivity contribution in [3.63, 3.8) is 0 Å². The van der Waals surface area contributed by atoms with Crippen LogP contribution >= 0.6 is 0 Å². The number of rotatable bonds is 2. The number of nitrogens with two attached hydrogens (primary N) is 1. The van der Waals surface area contributed by atoms with Gasteiger partial charge in [0.2, 0.25) is 0 Å². The van der Waals surface area contributed by atoms with E-state index >= 15 is 0 Å². The summed E-state index contributed by atoms with van der Waals surface area (Å²) in [7, 11) is 0. The molecule has 0 amide bonds. The van der Waals surface area contributed by atoms with Crippen LogP contribution in [-0.2, 0) is 4.74 Å². The van der Waals surface area contributed by atoms with E-state index in [0.717, 1.165) is 25.3 Å². The molecule has 1 aromatic carbocycles. The van der Waals surface area contributed by atoms with E-state index in [0.29, 0.717) is 23.4 Å². The van der Waals surface area contributed by atoms with Crippen LogP contribution in [0.25, 0.3) is 0 Å². The average molecular weight is 260 g/mol. The molecule has 2 unspecified atom stereocenters. The van der Waals surface area contributed by atoms with Crippen LogP contribution in [0.1, 0.15) is 36.5 Å². The van der Waals surface area contributed by atoms with E-state index in [4.69, 9.17) is 10.5 Å². The van der Waals surface area contributed by atoms with Crippen LogP contribution in [0.2, 0.25) is 0 Å². The Morgan fingerprint density at radius 3 is 3.00 bits per heavy atom. The number of nitrogens with zero attached hydrogens (tertiary/aromatic N) is 1. The van der Waals surface area contributed by atoms with Crippen molar-refractivity contribution in [1.29, 1.82) is 0 Å². The Bertz CT molecular complexity index is 501. The van der Waals surface area contributed by atoms with E-state index in [1.165, 1.54) is 12.8 Å². The molecular weight excluding hydrogens is 240 g/mol. The maximum atomic E-state index is 11.4. The van der Waals surface area contributed by atoms with Crippen molar-refractivity contribution in [2.75, 3.05) is 23.8 Å². The van der Waals surface area contributed by atoms with Crippen molar-refractivity contribution in [2.45, 2.75) is 38.3 Å². The summed E-state index contributed by atoms with van der Waals surface area (Å²) in [5, 5.41) is 0. The molecule has 0 spiro atoms. The molecule has 1 saturated carbocycles. The van der Waals surface area contributed by atoms with Gasteiger partial charge in [-0.25, -0.2) is 0 Å². The fourth-order valence-corrected chi connectivity index (χ4v) is 3.30. The quantitative estimate of drug-likeness (QED) is 0.654. The van der Waals surface area contributed by atoms with Gasteiger partial charge in [0, 0.05) is 23.5 Å². The van der Waals surface area contributed by atoms with Crippen LogP contribution in [0, 0.1) is 0 Å². The van der Waals surface area contributed by atoms with Gasteiger partial charge in [-0.3, -0.25) is 4.79 Å². The first-order chi connectivity index (χ1) is 9.16. The number of carbonyl (C=O) groups excluding carboxylic acids is 1. The molecule has 4 heteroatoms. The van der Waals surface area contributed by atoms with Crippen LogP contribution in [-0.4, -0.2) is 31.1 Å². The van der Waals surface area contributed by atoms with Crippen molar-refractivity contribution in [2.24, 2.45) is 0 Å². The van der Waals surface area contributed by atoms with Crippen molar-refractivity contribution in [3.8, 4) is 0 Å². The third kappa shape index (κ3) is 2.21. The van der Waals surface area contributed by atoms with E-state index in [9.17, 15) is 4.79 Å². The molecule has 1 heterocycles. The second-order valence-electron chi connectivity index (χ2n) is 5.43. The summed E-state index contributed by atoms with van der Waals surface area (Å²) in [5.41, 5.74) is 8.29. The van der Waals surface area contributed by atoms with Gasteiger partial charge in [0.1, 0.15) is 0 Å². The number of nitrogen functional groups attached to an aromatic ring is 1. The minimum atomic E-state index is 0.0183. The van der Waals surface area contributed by atoms with Gasteiger partial charge in [-0.1, -0.05) is 0 Å². The van der Waals surface area contributed by atoms with E-state index in [-0.39, 0.29) is 5.78 Å². The highest BCUT2D eigenvalue weighted by molar-refractivity contribution is 5.99. The Morgan fingerprint density at radius 2 is 2.26 bits per heavy atom. The standard InChI is InChI=1S/C15H20N2O2/c1-10(18)12-6-5-11(9-13(12)16)17-7-8-19-15-4-2-3-14(15)17/h5-6,9,14-15H,2-4,7-8,16H2,1H3. The summed E-state index contributed by atoms with van der Waals surface area (Å²) in [6, 6.07) is 6.24. The summed E-state index contributed by atoms with van der Waals surface area (Å²) < 4.78 is 5.82. The number of fused-ring (bicyclic) bond motifs is 1. The minimum Gasteiger partial charge on any atom is -0.398 e. The molecule has 1 aliphatic carbocycles. The average Bonchev–Trinajstić information content (AvgIpc) is 2.86. The van der Waals surface area contributed by atoms with E-state index < -0.39 is 0 Å². The predicted molar refractivity (Wildman–Crippen MR) is 75.6 cm³/mol. The number of hydrogen-bond donors (Lipinski definition) is 1. The van der Waals surface area contributed by atoms with E-state index in [1.54, 1.807) is 6.92 Å². The molecule has 2 atom stereocenters. The van der Waals surface area contributed by atoms with Gasteiger partial charge < -0.3 is 15.4 Å². The molecule has 1 aliphatic heterocycles. The fourth-order valence-electron chi connectivity index (χ4n) is 3.30. The highest BCUT2D eigenvalue weighted by Gasteiger charge is 2.36. The second-order valence-corrected chi connectivity index (χ2v) is 5.43. The van der Waals surface area contributed by atoms with Gasteiger partial charge in [-0.2, -0.15) is 0 Å². The molecule has 3 rings (SSSR count). The van der Waals surface area contributed by atoms with Crippen LogP contribution in [0.4, 0.5) is 11.4 Å². The summed E-state index contributed by atoms with van der Waals surface area (Å²) in [5.74, 6) is 0.0183. The Hall–Kier alpha value is -1.55. The Kier molecular flexibility index (Phi) is 3.19. The molecular formula is C15H20N2O2. The lowest BCUT2D eigenvalue weighted by Gasteiger charge is -2.39. The molecule has 1 aromatic rings. The number of ketones is 1. The molecule has 0 aromatic heterocycles. The summed E-state index contributed by atoms with van der Waals surface area (Å²) in [6.45, 7) is 3.22. The molecule has 2 aliphatic rings. The summed E-state index contributed by atoms with van der Waals surface area (Å²) >= 11 is 0. The topological polar surface area (TPSA) is 55.6 Å². The van der Waals surface area contributed by atoms with Crippen LogP contribution in [0.3, 0.4) is 0 Å². The second kappa shape index (κ2) is 4.85. The van der Waals surface area contributed by atoms with Crippen molar-refractivity contribution < 1.29 is 9.53 Å². The first-order valence-corrected chi connectivity index (χ1v) is 6.95. The molecule has 102 valence electrons. The van der Waals surface area contributed by atoms with Gasteiger partial charge in [-0.15, -0.1) is 0 Å². The van der Waals surface area contributed by atoms with Gasteiger partial charge >= 0.3 is 0 Å². The Balaban J connectivity index is 1.89. The molecule has 2 fully saturated rings. The molecule has 19 heavy (non-hydrogen) atoms. The third-order valence-electron chi connectivity index (χ3n) is 4.23. The number of hydrogen-bond acceptors (Lipinski definition) is 4. The first-order valence-electron chi connectivity index (χ1n) is 6.95. The highest BCUT2D eigenvalue weighted by atomic mass is 16.5. The maximum Gasteiger partial charge on any atom is 0.161 e. The normalized spacial score (nSPS) is 26.3. The Morgan fingerprint density at radius 1 is 1.42 bits per heavy atom. The SMILES string of the molecule is CC(=O)c1ccc(N2CCOC3CCCC32)cc1N. The minimum absolute atomic E-state index is 0.0183. The first kappa shape index (κ1) is 12.5. The smallest absolute Gasteiger partial charge is 0.161 e. The number of ether oxygens (including phenoxy) is 1. The van der Waals surface area contributed by atoms with Gasteiger partial charge in [-0.05, 0) is 44.4 Å². The fraction of sp³-hybridized carbons (Fsp3) is 0.533. The van der Waals surface area contributed by atoms with Gasteiger partial charge in [0.05, 0.1) is 18.8 Å². The van der Waals surface area contributed by atoms with Crippen molar-refractivity contribution in [3.05, 3.63) is 23.8 Å². The zero-order valence-corrected chi connectivity index (χ0v) is 11.3. The van der Waals surface area contributed by atoms with Gasteiger partial charge in [0.15, 0.2) is 5.78 Å². The number of carbonyl (C=O) groups is 1. The molecule has 1 saturated heterocycles. The molecule has 0 bridgehead atoms. The van der Waals surface area contributed by atoms with Crippen molar-refractivity contribution in [1.82, 2.24) is 0 Å². The molecule has 4 nitrogen and oxygen atoms in total. The number of benzene rings is 1.